The van der Waals surface area contributed by atoms with Crippen LogP contribution in [0.25, 0.3) is 21.5 Å². The van der Waals surface area contributed by atoms with Crippen LogP contribution >= 0.6 is 15.9 Å². The van der Waals surface area contributed by atoms with Crippen LogP contribution in [0.2, 0.25) is 0 Å². The summed E-state index contributed by atoms with van der Waals surface area (Å²) in [5.41, 5.74) is 1.54. The van der Waals surface area contributed by atoms with Gasteiger partial charge < -0.3 is 5.11 Å². The highest BCUT2D eigenvalue weighted by Gasteiger charge is 2.16. The Morgan fingerprint density at radius 1 is 0.826 bits per heavy atom. The number of hydrogen-bond donors (Lipinski definition) is 1. The van der Waals surface area contributed by atoms with Gasteiger partial charge >= 0.3 is 0 Å². The number of aliphatic hydroxyl groups is 1. The summed E-state index contributed by atoms with van der Waals surface area (Å²) in [4.78, 5) is 4.30. The lowest BCUT2D eigenvalue weighted by Gasteiger charge is -2.16. The molecule has 23 heavy (non-hydrogen) atoms. The highest BCUT2D eigenvalue weighted by atomic mass is 79.9. The van der Waals surface area contributed by atoms with E-state index in [1.54, 1.807) is 6.20 Å². The number of aromatic nitrogens is 1. The van der Waals surface area contributed by atoms with E-state index in [0.717, 1.165) is 26.2 Å². The summed E-state index contributed by atoms with van der Waals surface area (Å²) in [6, 6.07) is 22.1. The van der Waals surface area contributed by atoms with Gasteiger partial charge in [0.15, 0.2) is 0 Å². The third-order valence-corrected chi connectivity index (χ3v) is 4.61. The van der Waals surface area contributed by atoms with Gasteiger partial charge in [0.25, 0.3) is 0 Å². The Bertz CT molecular complexity index is 998. The van der Waals surface area contributed by atoms with Crippen LogP contribution < -0.4 is 0 Å². The van der Waals surface area contributed by atoms with Gasteiger partial charge in [0, 0.05) is 10.7 Å². The van der Waals surface area contributed by atoms with Crippen LogP contribution in [0.15, 0.2) is 77.4 Å². The van der Waals surface area contributed by atoms with Crippen LogP contribution in [0.4, 0.5) is 0 Å². The first kappa shape index (κ1) is 14.4. The van der Waals surface area contributed by atoms with Gasteiger partial charge in [0.05, 0.1) is 5.69 Å². The molecule has 4 aromatic rings. The second kappa shape index (κ2) is 5.76. The molecule has 0 saturated carbocycles. The molecular weight excluding hydrogens is 350 g/mol. The molecule has 4 rings (SSSR count). The van der Waals surface area contributed by atoms with E-state index in [4.69, 9.17) is 0 Å². The van der Waals surface area contributed by atoms with Gasteiger partial charge in [-0.05, 0) is 57.4 Å². The molecule has 3 heteroatoms. The first-order valence-electron chi connectivity index (χ1n) is 7.44. The molecule has 0 radical (unpaired) electrons. The average Bonchev–Trinajstić information content (AvgIpc) is 2.61. The van der Waals surface area contributed by atoms with Gasteiger partial charge in [0.2, 0.25) is 0 Å². The molecule has 0 amide bonds. The highest BCUT2D eigenvalue weighted by Crippen LogP contribution is 2.35. The van der Waals surface area contributed by atoms with Gasteiger partial charge in [-0.3, -0.25) is 4.98 Å². The number of hydrogen-bond acceptors (Lipinski definition) is 2. The molecule has 1 atom stereocenters. The Hall–Kier alpha value is -2.23. The molecule has 0 aliphatic heterocycles. The van der Waals surface area contributed by atoms with E-state index in [1.165, 1.54) is 5.39 Å². The Labute approximate surface area is 142 Å². The lowest BCUT2D eigenvalue weighted by molar-refractivity contribution is 0.217. The minimum absolute atomic E-state index is 0.659. The fourth-order valence-corrected chi connectivity index (χ4v) is 3.39. The summed E-state index contributed by atoms with van der Waals surface area (Å²) < 4.78 is 1.03. The Morgan fingerprint density at radius 3 is 2.48 bits per heavy atom. The molecule has 0 bridgehead atoms. The maximum absolute atomic E-state index is 10.8. The number of nitrogens with zero attached hydrogens (tertiary/aromatic N) is 1. The van der Waals surface area contributed by atoms with Crippen molar-refractivity contribution in [1.29, 1.82) is 0 Å². The maximum atomic E-state index is 10.8. The molecule has 0 spiro atoms. The van der Waals surface area contributed by atoms with Gasteiger partial charge in [-0.1, -0.05) is 52.3 Å². The second-order valence-corrected chi connectivity index (χ2v) is 6.45. The van der Waals surface area contributed by atoms with Crippen molar-refractivity contribution in [3.05, 3.63) is 88.7 Å². The number of rotatable bonds is 2. The van der Waals surface area contributed by atoms with Crippen molar-refractivity contribution in [2.24, 2.45) is 0 Å². The van der Waals surface area contributed by atoms with Crippen LogP contribution in [0, 0.1) is 0 Å². The van der Waals surface area contributed by atoms with Crippen LogP contribution in [0.1, 0.15) is 17.4 Å². The minimum atomic E-state index is -0.746. The smallest absolute Gasteiger partial charge is 0.122 e. The van der Waals surface area contributed by atoms with E-state index in [2.05, 4.69) is 45.2 Å². The number of aliphatic hydroxyl groups excluding tert-OH is 1. The van der Waals surface area contributed by atoms with Crippen molar-refractivity contribution in [2.75, 3.05) is 0 Å². The lowest BCUT2D eigenvalue weighted by atomic mass is 9.93. The SMILES string of the molecule is O[C@@H](c1ccccn1)c1cc2ccccc2c2cc(Br)ccc12. The molecule has 0 saturated heterocycles. The van der Waals surface area contributed by atoms with Gasteiger partial charge in [-0.15, -0.1) is 0 Å². The van der Waals surface area contributed by atoms with Crippen molar-refractivity contribution in [3.63, 3.8) is 0 Å². The molecule has 3 aromatic carbocycles. The molecule has 112 valence electrons. The molecule has 1 N–H and O–H groups in total. The third kappa shape index (κ3) is 2.52. The minimum Gasteiger partial charge on any atom is -0.382 e. The van der Waals surface area contributed by atoms with Crippen molar-refractivity contribution in [1.82, 2.24) is 4.98 Å². The summed E-state index contributed by atoms with van der Waals surface area (Å²) in [5, 5.41) is 15.3. The van der Waals surface area contributed by atoms with Crippen LogP contribution in [0.3, 0.4) is 0 Å². The number of pyridine rings is 1. The summed E-state index contributed by atoms with van der Waals surface area (Å²) in [7, 11) is 0. The van der Waals surface area contributed by atoms with Crippen molar-refractivity contribution in [2.45, 2.75) is 6.10 Å². The van der Waals surface area contributed by atoms with E-state index >= 15 is 0 Å². The van der Waals surface area contributed by atoms with E-state index in [9.17, 15) is 5.11 Å². The zero-order chi connectivity index (χ0) is 15.8. The molecule has 0 fully saturated rings. The fraction of sp³-hybridized carbons (Fsp3) is 0.0500. The zero-order valence-electron chi connectivity index (χ0n) is 12.3. The van der Waals surface area contributed by atoms with E-state index < -0.39 is 6.10 Å². The van der Waals surface area contributed by atoms with Crippen LogP contribution in [0.5, 0.6) is 0 Å². The van der Waals surface area contributed by atoms with Crippen molar-refractivity contribution >= 4 is 37.5 Å². The average molecular weight is 364 g/mol. The summed E-state index contributed by atoms with van der Waals surface area (Å²) in [6.45, 7) is 0. The van der Waals surface area contributed by atoms with Crippen LogP contribution in [-0.2, 0) is 0 Å². The molecular formula is C20H14BrNO. The maximum Gasteiger partial charge on any atom is 0.122 e. The quantitative estimate of drug-likeness (QED) is 0.494. The van der Waals surface area contributed by atoms with Gasteiger partial charge in [0.1, 0.15) is 6.10 Å². The van der Waals surface area contributed by atoms with E-state index in [1.807, 2.05) is 42.5 Å². The predicted octanol–water partition coefficient (Wildman–Crippen LogP) is 5.23. The molecule has 0 aliphatic carbocycles. The van der Waals surface area contributed by atoms with Crippen molar-refractivity contribution < 1.29 is 5.11 Å². The summed E-state index contributed by atoms with van der Waals surface area (Å²) in [5.74, 6) is 0. The fourth-order valence-electron chi connectivity index (χ4n) is 3.03. The molecule has 1 heterocycles. The monoisotopic (exact) mass is 363 g/mol. The van der Waals surface area contributed by atoms with Crippen molar-refractivity contribution in [3.8, 4) is 0 Å². The normalized spacial score (nSPS) is 12.6. The summed E-state index contributed by atoms with van der Waals surface area (Å²) >= 11 is 3.55. The lowest BCUT2D eigenvalue weighted by Crippen LogP contribution is -2.03. The first-order chi connectivity index (χ1) is 11.2. The predicted molar refractivity (Wildman–Crippen MR) is 97.5 cm³/mol. The van der Waals surface area contributed by atoms with Gasteiger partial charge in [-0.2, -0.15) is 0 Å². The molecule has 0 unspecified atom stereocenters. The molecule has 1 aromatic heterocycles. The molecule has 0 aliphatic rings. The Balaban J connectivity index is 2.05. The van der Waals surface area contributed by atoms with Crippen LogP contribution in [-0.4, -0.2) is 10.1 Å². The Kier molecular flexibility index (Phi) is 3.60. The topological polar surface area (TPSA) is 33.1 Å². The number of fused-ring (bicyclic) bond motifs is 3. The third-order valence-electron chi connectivity index (χ3n) is 4.12. The highest BCUT2D eigenvalue weighted by molar-refractivity contribution is 9.10. The van der Waals surface area contributed by atoms with E-state index in [-0.39, 0.29) is 0 Å². The van der Waals surface area contributed by atoms with E-state index in [0.29, 0.717) is 5.69 Å². The second-order valence-electron chi connectivity index (χ2n) is 5.53. The van der Waals surface area contributed by atoms with Gasteiger partial charge in [-0.25, -0.2) is 0 Å². The molecule has 2 nitrogen and oxygen atoms in total. The number of benzene rings is 3. The zero-order valence-corrected chi connectivity index (χ0v) is 13.9. The largest absolute Gasteiger partial charge is 0.382 e. The number of halogens is 1. The standard InChI is InChI=1S/C20H14BrNO/c21-14-8-9-16-17(12-14)15-6-2-1-5-13(15)11-18(16)20(23)19-7-3-4-10-22-19/h1-12,20,23H/t20-/m1/s1. The Morgan fingerprint density at radius 2 is 1.65 bits per heavy atom. The first-order valence-corrected chi connectivity index (χ1v) is 8.23. The summed E-state index contributed by atoms with van der Waals surface area (Å²) in [6.07, 6.45) is 0.961.